The van der Waals surface area contributed by atoms with Crippen molar-refractivity contribution >= 4 is 17.8 Å². The van der Waals surface area contributed by atoms with Crippen molar-refractivity contribution in [3.05, 3.63) is 53.6 Å². The van der Waals surface area contributed by atoms with Crippen molar-refractivity contribution in [2.24, 2.45) is 5.10 Å². The number of phenols is 1. The zero-order valence-corrected chi connectivity index (χ0v) is 11.4. The summed E-state index contributed by atoms with van der Waals surface area (Å²) in [4.78, 5) is 11.8. The summed E-state index contributed by atoms with van der Waals surface area (Å²) in [6, 6.07) is 11.3. The third kappa shape index (κ3) is 3.73. The number of nitrogens with two attached hydrogens (primary N) is 1. The molecular formula is C15H15N3O3. The first-order valence-corrected chi connectivity index (χ1v) is 6.16. The van der Waals surface area contributed by atoms with E-state index >= 15 is 0 Å². The van der Waals surface area contributed by atoms with E-state index in [0.717, 1.165) is 0 Å². The van der Waals surface area contributed by atoms with Crippen LogP contribution in [-0.2, 0) is 0 Å². The number of rotatable bonds is 4. The summed E-state index contributed by atoms with van der Waals surface area (Å²) in [5.41, 5.74) is 9.69. The molecule has 2 aromatic carbocycles. The standard InChI is InChI=1S/C15H15N3O3/c1-21-14-8-10(2-7-13(14)19)9-17-18-15(20)11-3-5-12(16)6-4-11/h2-9,19H,16H2,1H3,(H,18,20)/b17-9-. The van der Waals surface area contributed by atoms with Gasteiger partial charge in [-0.25, -0.2) is 5.43 Å². The molecule has 0 aromatic heterocycles. The fraction of sp³-hybridized carbons (Fsp3) is 0.0667. The summed E-state index contributed by atoms with van der Waals surface area (Å²) in [6.45, 7) is 0. The van der Waals surface area contributed by atoms with Crippen molar-refractivity contribution in [3.8, 4) is 11.5 Å². The highest BCUT2D eigenvalue weighted by Gasteiger charge is 2.03. The predicted octanol–water partition coefficient (Wildman–Crippen LogP) is 1.75. The fourth-order valence-corrected chi connectivity index (χ4v) is 1.64. The summed E-state index contributed by atoms with van der Waals surface area (Å²) in [5.74, 6) is 0.0429. The van der Waals surface area contributed by atoms with Crippen LogP contribution in [0.2, 0.25) is 0 Å². The number of nitrogen functional groups attached to an aromatic ring is 1. The second-order valence-electron chi connectivity index (χ2n) is 4.25. The lowest BCUT2D eigenvalue weighted by atomic mass is 10.2. The number of anilines is 1. The summed E-state index contributed by atoms with van der Waals surface area (Å²) >= 11 is 0. The molecule has 0 aliphatic carbocycles. The van der Waals surface area contributed by atoms with E-state index in [4.69, 9.17) is 10.5 Å². The highest BCUT2D eigenvalue weighted by atomic mass is 16.5. The van der Waals surface area contributed by atoms with Crippen molar-refractivity contribution in [2.75, 3.05) is 12.8 Å². The molecule has 21 heavy (non-hydrogen) atoms. The number of hydrogen-bond acceptors (Lipinski definition) is 5. The highest BCUT2D eigenvalue weighted by Crippen LogP contribution is 2.25. The average Bonchev–Trinajstić information content (AvgIpc) is 2.49. The van der Waals surface area contributed by atoms with E-state index < -0.39 is 0 Å². The van der Waals surface area contributed by atoms with Crippen LogP contribution in [0.15, 0.2) is 47.6 Å². The van der Waals surface area contributed by atoms with Crippen molar-refractivity contribution < 1.29 is 14.6 Å². The first-order chi connectivity index (χ1) is 10.1. The summed E-state index contributed by atoms with van der Waals surface area (Å²) < 4.78 is 4.98. The largest absolute Gasteiger partial charge is 0.504 e. The van der Waals surface area contributed by atoms with Crippen molar-refractivity contribution in [3.63, 3.8) is 0 Å². The Morgan fingerprint density at radius 1 is 1.29 bits per heavy atom. The van der Waals surface area contributed by atoms with Gasteiger partial charge in [-0.1, -0.05) is 0 Å². The lowest BCUT2D eigenvalue weighted by Crippen LogP contribution is -2.17. The van der Waals surface area contributed by atoms with Gasteiger partial charge in [0.25, 0.3) is 5.91 Å². The van der Waals surface area contributed by atoms with E-state index in [1.54, 1.807) is 36.4 Å². The molecule has 0 unspecified atom stereocenters. The smallest absolute Gasteiger partial charge is 0.271 e. The molecule has 0 atom stereocenters. The molecule has 2 aromatic rings. The second kappa shape index (κ2) is 6.42. The number of nitrogens with zero attached hydrogens (tertiary/aromatic N) is 1. The zero-order valence-electron chi connectivity index (χ0n) is 11.4. The molecule has 0 aliphatic rings. The maximum absolute atomic E-state index is 11.8. The molecule has 0 saturated heterocycles. The van der Waals surface area contributed by atoms with Gasteiger partial charge in [-0.05, 0) is 48.0 Å². The van der Waals surface area contributed by atoms with Gasteiger partial charge in [0.15, 0.2) is 11.5 Å². The molecule has 0 fully saturated rings. The number of hydrogen-bond donors (Lipinski definition) is 3. The third-order valence-electron chi connectivity index (χ3n) is 2.76. The Kier molecular flexibility index (Phi) is 4.40. The van der Waals surface area contributed by atoms with Crippen molar-refractivity contribution in [2.45, 2.75) is 0 Å². The van der Waals surface area contributed by atoms with E-state index in [0.29, 0.717) is 22.6 Å². The van der Waals surface area contributed by atoms with Crippen LogP contribution in [0.3, 0.4) is 0 Å². The number of benzene rings is 2. The number of carbonyl (C=O) groups excluding carboxylic acids is 1. The molecule has 0 bridgehead atoms. The Hall–Kier alpha value is -3.02. The molecule has 6 nitrogen and oxygen atoms in total. The maximum Gasteiger partial charge on any atom is 0.271 e. The Morgan fingerprint density at radius 3 is 2.67 bits per heavy atom. The number of hydrazone groups is 1. The van der Waals surface area contributed by atoms with Crippen LogP contribution in [0.5, 0.6) is 11.5 Å². The number of aromatic hydroxyl groups is 1. The minimum atomic E-state index is -0.336. The van der Waals surface area contributed by atoms with E-state index in [2.05, 4.69) is 10.5 Å². The van der Waals surface area contributed by atoms with Crippen LogP contribution < -0.4 is 15.9 Å². The van der Waals surface area contributed by atoms with Crippen molar-refractivity contribution in [1.82, 2.24) is 5.43 Å². The second-order valence-corrected chi connectivity index (χ2v) is 4.25. The number of nitrogens with one attached hydrogen (secondary N) is 1. The Morgan fingerprint density at radius 2 is 2.00 bits per heavy atom. The molecule has 0 heterocycles. The molecule has 1 amide bonds. The number of methoxy groups -OCH3 is 1. The maximum atomic E-state index is 11.8. The summed E-state index contributed by atoms with van der Waals surface area (Å²) in [6.07, 6.45) is 1.46. The molecular weight excluding hydrogens is 270 g/mol. The molecule has 0 spiro atoms. The fourth-order valence-electron chi connectivity index (χ4n) is 1.64. The number of carbonyl (C=O) groups is 1. The Balaban J connectivity index is 2.02. The topological polar surface area (TPSA) is 96.9 Å². The average molecular weight is 285 g/mol. The monoisotopic (exact) mass is 285 g/mol. The van der Waals surface area contributed by atoms with Crippen LogP contribution in [0.25, 0.3) is 0 Å². The number of amides is 1. The molecule has 2 rings (SSSR count). The van der Waals surface area contributed by atoms with Gasteiger partial charge >= 0.3 is 0 Å². The van der Waals surface area contributed by atoms with Gasteiger partial charge in [-0.15, -0.1) is 0 Å². The quantitative estimate of drug-likeness (QED) is 0.453. The van der Waals surface area contributed by atoms with Gasteiger partial charge in [0.1, 0.15) is 0 Å². The predicted molar refractivity (Wildman–Crippen MR) is 80.6 cm³/mol. The highest BCUT2D eigenvalue weighted by molar-refractivity contribution is 5.95. The third-order valence-corrected chi connectivity index (χ3v) is 2.76. The van der Waals surface area contributed by atoms with Crippen LogP contribution >= 0.6 is 0 Å². The van der Waals surface area contributed by atoms with Crippen LogP contribution in [0, 0.1) is 0 Å². The zero-order chi connectivity index (χ0) is 15.2. The van der Waals surface area contributed by atoms with E-state index in [9.17, 15) is 9.90 Å². The molecule has 4 N–H and O–H groups in total. The molecule has 108 valence electrons. The number of ether oxygens (including phenoxy) is 1. The SMILES string of the molecule is COc1cc(/C=N\NC(=O)c2ccc(N)cc2)ccc1O. The van der Waals surface area contributed by atoms with Gasteiger partial charge in [-0.3, -0.25) is 4.79 Å². The van der Waals surface area contributed by atoms with Crippen LogP contribution in [0.4, 0.5) is 5.69 Å². The lowest BCUT2D eigenvalue weighted by Gasteiger charge is -2.03. The number of phenolic OH excluding ortho intramolecular Hbond substituents is 1. The van der Waals surface area contributed by atoms with E-state index in [1.807, 2.05) is 0 Å². The molecule has 0 saturated carbocycles. The lowest BCUT2D eigenvalue weighted by molar-refractivity contribution is 0.0955. The normalized spacial score (nSPS) is 10.5. The van der Waals surface area contributed by atoms with Gasteiger partial charge in [-0.2, -0.15) is 5.10 Å². The Bertz CT molecular complexity index is 666. The van der Waals surface area contributed by atoms with Crippen LogP contribution in [-0.4, -0.2) is 24.3 Å². The summed E-state index contributed by atoms with van der Waals surface area (Å²) in [7, 11) is 1.46. The minimum absolute atomic E-state index is 0.0422. The van der Waals surface area contributed by atoms with Gasteiger partial charge in [0, 0.05) is 11.3 Å². The van der Waals surface area contributed by atoms with Gasteiger partial charge in [0.05, 0.1) is 13.3 Å². The summed E-state index contributed by atoms with van der Waals surface area (Å²) in [5, 5.41) is 13.3. The molecule has 0 aliphatic heterocycles. The first kappa shape index (κ1) is 14.4. The van der Waals surface area contributed by atoms with Gasteiger partial charge in [0.2, 0.25) is 0 Å². The van der Waals surface area contributed by atoms with Crippen molar-refractivity contribution in [1.29, 1.82) is 0 Å². The molecule has 6 heteroatoms. The van der Waals surface area contributed by atoms with E-state index in [1.165, 1.54) is 19.4 Å². The molecule has 0 radical (unpaired) electrons. The minimum Gasteiger partial charge on any atom is -0.504 e. The Labute approximate surface area is 121 Å². The first-order valence-electron chi connectivity index (χ1n) is 6.16. The van der Waals surface area contributed by atoms with E-state index in [-0.39, 0.29) is 11.7 Å². The van der Waals surface area contributed by atoms with Gasteiger partial charge < -0.3 is 15.6 Å². The van der Waals surface area contributed by atoms with Crippen LogP contribution in [0.1, 0.15) is 15.9 Å².